The Hall–Kier alpha value is -2.59. The first-order valence-electron chi connectivity index (χ1n) is 11.3. The van der Waals surface area contributed by atoms with Crippen LogP contribution in [-0.4, -0.2) is 42.6 Å². The van der Waals surface area contributed by atoms with Crippen LogP contribution in [0.25, 0.3) is 5.57 Å². The minimum Gasteiger partial charge on any atom is -0.482 e. The summed E-state index contributed by atoms with van der Waals surface area (Å²) in [4.78, 5) is 14.5. The van der Waals surface area contributed by atoms with Crippen LogP contribution in [0.5, 0.6) is 5.75 Å². The van der Waals surface area contributed by atoms with E-state index in [1.54, 1.807) is 0 Å². The molecule has 1 amide bonds. The summed E-state index contributed by atoms with van der Waals surface area (Å²) in [6.45, 7) is 7.53. The minimum absolute atomic E-state index is 0.0930. The zero-order valence-electron chi connectivity index (χ0n) is 18.1. The second-order valence-electron chi connectivity index (χ2n) is 8.23. The molecule has 0 bridgehead atoms. The SMILES string of the molecule is CCN(CC)C(=O)c1ccc(C2=CC3(CCCCNCC3)Oc3ccccc32)cc1. The van der Waals surface area contributed by atoms with Crippen molar-refractivity contribution < 1.29 is 9.53 Å². The van der Waals surface area contributed by atoms with Crippen molar-refractivity contribution in [1.29, 1.82) is 0 Å². The molecule has 1 atom stereocenters. The number of ether oxygens (including phenoxy) is 1. The highest BCUT2D eigenvalue weighted by atomic mass is 16.5. The van der Waals surface area contributed by atoms with E-state index in [-0.39, 0.29) is 11.5 Å². The number of hydrogen-bond donors (Lipinski definition) is 1. The molecule has 1 saturated heterocycles. The molecule has 1 fully saturated rings. The molecule has 30 heavy (non-hydrogen) atoms. The molecule has 4 rings (SSSR count). The normalized spacial score (nSPS) is 21.1. The molecule has 0 radical (unpaired) electrons. The third kappa shape index (κ3) is 4.15. The van der Waals surface area contributed by atoms with Gasteiger partial charge in [-0.05, 0) is 81.6 Å². The number of carbonyl (C=O) groups excluding carboxylic acids is 1. The van der Waals surface area contributed by atoms with E-state index < -0.39 is 0 Å². The van der Waals surface area contributed by atoms with Gasteiger partial charge in [-0.1, -0.05) is 30.3 Å². The predicted octanol–water partition coefficient (Wildman–Crippen LogP) is 4.90. The molecule has 0 saturated carbocycles. The van der Waals surface area contributed by atoms with Gasteiger partial charge < -0.3 is 15.0 Å². The monoisotopic (exact) mass is 404 g/mol. The van der Waals surface area contributed by atoms with Crippen molar-refractivity contribution >= 4 is 11.5 Å². The van der Waals surface area contributed by atoms with Crippen LogP contribution in [0.15, 0.2) is 54.6 Å². The number of benzene rings is 2. The van der Waals surface area contributed by atoms with Crippen LogP contribution < -0.4 is 10.1 Å². The van der Waals surface area contributed by atoms with E-state index in [2.05, 4.69) is 41.7 Å². The average Bonchev–Trinajstić information content (AvgIpc) is 2.77. The average molecular weight is 405 g/mol. The van der Waals surface area contributed by atoms with Gasteiger partial charge in [0.25, 0.3) is 5.91 Å². The Kier molecular flexibility index (Phi) is 6.24. The number of rotatable bonds is 4. The molecule has 2 aromatic rings. The van der Waals surface area contributed by atoms with Gasteiger partial charge >= 0.3 is 0 Å². The molecule has 1 unspecified atom stereocenters. The van der Waals surface area contributed by atoms with Gasteiger partial charge in [0.1, 0.15) is 11.4 Å². The predicted molar refractivity (Wildman–Crippen MR) is 122 cm³/mol. The first-order chi connectivity index (χ1) is 14.7. The highest BCUT2D eigenvalue weighted by Gasteiger charge is 2.35. The Bertz CT molecular complexity index is 905. The van der Waals surface area contributed by atoms with Crippen LogP contribution in [0.1, 0.15) is 61.0 Å². The first kappa shape index (κ1) is 20.7. The number of nitrogens with one attached hydrogen (secondary N) is 1. The summed E-state index contributed by atoms with van der Waals surface area (Å²) in [5.41, 5.74) is 3.94. The summed E-state index contributed by atoms with van der Waals surface area (Å²) in [5.74, 6) is 1.05. The van der Waals surface area contributed by atoms with E-state index in [1.165, 1.54) is 12.0 Å². The molecule has 2 aromatic carbocycles. The Labute approximate surface area is 179 Å². The van der Waals surface area contributed by atoms with E-state index in [0.29, 0.717) is 0 Å². The van der Waals surface area contributed by atoms with Gasteiger partial charge in [-0.3, -0.25) is 4.79 Å². The Morgan fingerprint density at radius 2 is 1.77 bits per heavy atom. The Morgan fingerprint density at radius 1 is 1.00 bits per heavy atom. The lowest BCUT2D eigenvalue weighted by Crippen LogP contribution is -2.41. The summed E-state index contributed by atoms with van der Waals surface area (Å²) < 4.78 is 6.59. The molecular weight excluding hydrogens is 372 g/mol. The van der Waals surface area contributed by atoms with Crippen LogP contribution in [0, 0.1) is 0 Å². The van der Waals surface area contributed by atoms with Crippen molar-refractivity contribution in [2.75, 3.05) is 26.2 Å². The number of para-hydroxylation sites is 1. The van der Waals surface area contributed by atoms with Crippen molar-refractivity contribution in [3.63, 3.8) is 0 Å². The summed E-state index contributed by atoms with van der Waals surface area (Å²) in [6, 6.07) is 16.4. The summed E-state index contributed by atoms with van der Waals surface area (Å²) in [5, 5.41) is 3.53. The third-order valence-corrected chi connectivity index (χ3v) is 6.32. The second kappa shape index (κ2) is 9.05. The minimum atomic E-state index is -0.271. The fourth-order valence-electron chi connectivity index (χ4n) is 4.56. The molecule has 2 heterocycles. The molecule has 4 heteroatoms. The fourth-order valence-corrected chi connectivity index (χ4v) is 4.56. The summed E-state index contributed by atoms with van der Waals surface area (Å²) in [7, 11) is 0. The first-order valence-corrected chi connectivity index (χ1v) is 11.3. The zero-order chi connectivity index (χ0) is 21.0. The Morgan fingerprint density at radius 3 is 2.53 bits per heavy atom. The van der Waals surface area contributed by atoms with Gasteiger partial charge in [-0.2, -0.15) is 0 Å². The van der Waals surface area contributed by atoms with Crippen molar-refractivity contribution in [3.05, 3.63) is 71.3 Å². The van der Waals surface area contributed by atoms with Crippen LogP contribution >= 0.6 is 0 Å². The molecular formula is C26H32N2O2. The molecule has 1 spiro atoms. The molecule has 1 N–H and O–H groups in total. The summed E-state index contributed by atoms with van der Waals surface area (Å²) in [6.07, 6.45) is 6.66. The van der Waals surface area contributed by atoms with Crippen LogP contribution in [-0.2, 0) is 0 Å². The fraction of sp³-hybridized carbons (Fsp3) is 0.423. The third-order valence-electron chi connectivity index (χ3n) is 6.32. The second-order valence-corrected chi connectivity index (χ2v) is 8.23. The van der Waals surface area contributed by atoms with Crippen LogP contribution in [0.4, 0.5) is 0 Å². The van der Waals surface area contributed by atoms with E-state index in [1.807, 2.05) is 36.9 Å². The molecule has 2 aliphatic rings. The van der Waals surface area contributed by atoms with E-state index >= 15 is 0 Å². The van der Waals surface area contributed by atoms with Crippen molar-refractivity contribution in [1.82, 2.24) is 10.2 Å². The highest BCUT2D eigenvalue weighted by molar-refractivity contribution is 5.95. The van der Waals surface area contributed by atoms with Crippen LogP contribution in [0.2, 0.25) is 0 Å². The van der Waals surface area contributed by atoms with Crippen molar-refractivity contribution in [2.45, 2.75) is 45.1 Å². The number of amides is 1. The van der Waals surface area contributed by atoms with E-state index in [4.69, 9.17) is 4.74 Å². The molecule has 0 aliphatic carbocycles. The number of carbonyl (C=O) groups is 1. The van der Waals surface area contributed by atoms with Gasteiger partial charge in [0.15, 0.2) is 0 Å². The molecule has 158 valence electrons. The smallest absolute Gasteiger partial charge is 0.253 e. The van der Waals surface area contributed by atoms with Crippen molar-refractivity contribution in [2.24, 2.45) is 0 Å². The molecule has 0 aromatic heterocycles. The van der Waals surface area contributed by atoms with Crippen LogP contribution in [0.3, 0.4) is 0 Å². The quantitative estimate of drug-likeness (QED) is 0.788. The molecule has 2 aliphatic heterocycles. The zero-order valence-corrected chi connectivity index (χ0v) is 18.1. The van der Waals surface area contributed by atoms with Crippen molar-refractivity contribution in [3.8, 4) is 5.75 Å². The lowest BCUT2D eigenvalue weighted by Gasteiger charge is -2.38. The Balaban J connectivity index is 1.70. The number of fused-ring (bicyclic) bond motifs is 1. The summed E-state index contributed by atoms with van der Waals surface area (Å²) >= 11 is 0. The van der Waals surface area contributed by atoms with Gasteiger partial charge in [-0.25, -0.2) is 0 Å². The highest BCUT2D eigenvalue weighted by Crippen LogP contribution is 2.42. The van der Waals surface area contributed by atoms with E-state index in [0.717, 1.165) is 67.9 Å². The van der Waals surface area contributed by atoms with Gasteiger partial charge in [0.2, 0.25) is 0 Å². The lowest BCUT2D eigenvalue weighted by molar-refractivity contribution is 0.0772. The number of nitrogens with zero attached hydrogens (tertiary/aromatic N) is 1. The molecule has 4 nitrogen and oxygen atoms in total. The van der Waals surface area contributed by atoms with Gasteiger partial charge in [-0.15, -0.1) is 0 Å². The largest absolute Gasteiger partial charge is 0.482 e. The van der Waals surface area contributed by atoms with Gasteiger partial charge in [0.05, 0.1) is 0 Å². The maximum atomic E-state index is 12.7. The standard InChI is InChI=1S/C26H32N2O2/c1-3-28(4-2)25(29)21-13-11-20(12-14-21)23-19-26(15-7-8-17-27-18-16-26)30-24-10-6-5-9-22(23)24/h5-6,9-14,19,27H,3-4,7-8,15-18H2,1-2H3. The van der Waals surface area contributed by atoms with Gasteiger partial charge in [0, 0.05) is 30.6 Å². The maximum absolute atomic E-state index is 12.7. The lowest BCUT2D eigenvalue weighted by atomic mass is 9.83. The topological polar surface area (TPSA) is 41.6 Å². The number of hydrogen-bond acceptors (Lipinski definition) is 3. The maximum Gasteiger partial charge on any atom is 0.253 e. The van der Waals surface area contributed by atoms with E-state index in [9.17, 15) is 4.79 Å².